The van der Waals surface area contributed by atoms with Crippen molar-refractivity contribution in [1.82, 2.24) is 9.88 Å². The molecule has 21 heavy (non-hydrogen) atoms. The highest BCUT2D eigenvalue weighted by atomic mass is 32.2. The molecule has 0 N–H and O–H groups in total. The number of likely N-dealkylation sites (tertiary alicyclic amines) is 1. The summed E-state index contributed by atoms with van der Waals surface area (Å²) in [4.78, 5) is 18.3. The Hall–Kier alpha value is -0.950. The summed E-state index contributed by atoms with van der Waals surface area (Å²) in [5, 5.41) is 0.621. The quantitative estimate of drug-likeness (QED) is 0.851. The Morgan fingerprint density at radius 3 is 2.43 bits per heavy atom. The van der Waals surface area contributed by atoms with Crippen LogP contribution in [-0.4, -0.2) is 42.5 Å². The number of thiazole rings is 1. The summed E-state index contributed by atoms with van der Waals surface area (Å²) in [6.07, 6.45) is 1.08. The monoisotopic (exact) mass is 330 g/mol. The van der Waals surface area contributed by atoms with E-state index in [4.69, 9.17) is 0 Å². The highest BCUT2D eigenvalue weighted by molar-refractivity contribution is 7.94. The first-order valence-corrected chi connectivity index (χ1v) is 9.59. The van der Waals surface area contributed by atoms with E-state index in [1.807, 2.05) is 0 Å². The molecule has 0 aliphatic carbocycles. The number of hydrogen-bond donors (Lipinski definition) is 0. The summed E-state index contributed by atoms with van der Waals surface area (Å²) in [6.45, 7) is 8.69. The average molecular weight is 330 g/mol. The molecule has 1 saturated heterocycles. The van der Waals surface area contributed by atoms with Gasteiger partial charge >= 0.3 is 0 Å². The van der Waals surface area contributed by atoms with Crippen LogP contribution in [0.3, 0.4) is 0 Å². The molecule has 3 unspecified atom stereocenters. The van der Waals surface area contributed by atoms with Gasteiger partial charge in [0.25, 0.3) is 0 Å². The lowest BCUT2D eigenvalue weighted by Crippen LogP contribution is -2.48. The number of carbonyl (C=O) groups excluding carboxylic acids is 1. The van der Waals surface area contributed by atoms with Crippen molar-refractivity contribution >= 4 is 27.1 Å². The lowest BCUT2D eigenvalue weighted by atomic mass is 9.92. The molecule has 0 radical (unpaired) electrons. The molecule has 0 bridgehead atoms. The normalized spacial score (nSPS) is 24.9. The molecule has 5 nitrogen and oxygen atoms in total. The summed E-state index contributed by atoms with van der Waals surface area (Å²) in [5.41, 5.74) is 0.665. The molecule has 0 spiro atoms. The van der Waals surface area contributed by atoms with Crippen LogP contribution < -0.4 is 0 Å². The lowest BCUT2D eigenvalue weighted by Gasteiger charge is -2.36. The van der Waals surface area contributed by atoms with Gasteiger partial charge in [-0.05, 0) is 32.1 Å². The van der Waals surface area contributed by atoms with E-state index in [0.717, 1.165) is 17.8 Å². The first-order valence-electron chi connectivity index (χ1n) is 7.16. The van der Waals surface area contributed by atoms with Gasteiger partial charge in [0.2, 0.25) is 20.1 Å². The average Bonchev–Trinajstić information content (AvgIpc) is 2.83. The van der Waals surface area contributed by atoms with Crippen molar-refractivity contribution in [2.75, 3.05) is 13.1 Å². The van der Waals surface area contributed by atoms with E-state index in [1.54, 1.807) is 17.2 Å². The van der Waals surface area contributed by atoms with E-state index in [1.165, 1.54) is 6.92 Å². The first kappa shape index (κ1) is 16.4. The Morgan fingerprint density at radius 2 is 1.95 bits per heavy atom. The van der Waals surface area contributed by atoms with Crippen molar-refractivity contribution in [2.45, 2.75) is 43.7 Å². The number of hydrogen-bond acceptors (Lipinski definition) is 5. The number of rotatable bonds is 3. The smallest absolute Gasteiger partial charge is 0.241 e. The van der Waals surface area contributed by atoms with Crippen LogP contribution in [0.2, 0.25) is 0 Å². The molecule has 2 rings (SSSR count). The Morgan fingerprint density at radius 1 is 1.38 bits per heavy atom. The Kier molecular flexibility index (Phi) is 4.72. The third-order valence-electron chi connectivity index (χ3n) is 3.84. The number of amides is 1. The topological polar surface area (TPSA) is 67.3 Å². The maximum Gasteiger partial charge on any atom is 0.241 e. The predicted molar refractivity (Wildman–Crippen MR) is 83.0 cm³/mol. The summed E-state index contributed by atoms with van der Waals surface area (Å²) >= 11 is 1.08. The van der Waals surface area contributed by atoms with Crippen LogP contribution >= 0.6 is 11.3 Å². The minimum atomic E-state index is -3.69. The van der Waals surface area contributed by atoms with Crippen LogP contribution in [0, 0.1) is 18.8 Å². The second-order valence-corrected chi connectivity index (χ2v) is 9.43. The standard InChI is InChI=1S/C14H22N2O3S2/c1-9-5-10(2)7-16(6-9)13(17)12(4)21(18,19)14-15-11(3)8-20-14/h8-10,12H,5-7H2,1-4H3. The van der Waals surface area contributed by atoms with Crippen LogP contribution in [-0.2, 0) is 14.6 Å². The van der Waals surface area contributed by atoms with E-state index in [2.05, 4.69) is 18.8 Å². The summed E-state index contributed by atoms with van der Waals surface area (Å²) in [7, 11) is -3.69. The van der Waals surface area contributed by atoms with Crippen molar-refractivity contribution in [3.05, 3.63) is 11.1 Å². The number of carbonyl (C=O) groups is 1. The number of aromatic nitrogens is 1. The third kappa shape index (κ3) is 3.45. The largest absolute Gasteiger partial charge is 0.341 e. The van der Waals surface area contributed by atoms with E-state index in [0.29, 0.717) is 30.6 Å². The summed E-state index contributed by atoms with van der Waals surface area (Å²) in [5.74, 6) is 0.519. The lowest BCUT2D eigenvalue weighted by molar-refractivity contribution is -0.133. The highest BCUT2D eigenvalue weighted by Crippen LogP contribution is 2.25. The van der Waals surface area contributed by atoms with Gasteiger partial charge in [-0.25, -0.2) is 13.4 Å². The van der Waals surface area contributed by atoms with Gasteiger partial charge in [0.15, 0.2) is 0 Å². The Balaban J connectivity index is 2.19. The molecule has 1 aliphatic rings. The number of sulfone groups is 1. The molecule has 1 amide bonds. The van der Waals surface area contributed by atoms with Gasteiger partial charge in [0.1, 0.15) is 5.25 Å². The van der Waals surface area contributed by atoms with Crippen molar-refractivity contribution in [1.29, 1.82) is 0 Å². The summed E-state index contributed by atoms with van der Waals surface area (Å²) < 4.78 is 25.0. The molecule has 3 atom stereocenters. The SMILES string of the molecule is Cc1csc(S(=O)(=O)C(C)C(=O)N2CC(C)CC(C)C2)n1. The van der Waals surface area contributed by atoms with Crippen LogP contribution in [0.25, 0.3) is 0 Å². The van der Waals surface area contributed by atoms with Crippen LogP contribution in [0.4, 0.5) is 0 Å². The van der Waals surface area contributed by atoms with Crippen LogP contribution in [0.5, 0.6) is 0 Å². The fourth-order valence-corrected chi connectivity index (χ4v) is 5.47. The second-order valence-electron chi connectivity index (χ2n) is 6.13. The van der Waals surface area contributed by atoms with E-state index in [-0.39, 0.29) is 10.2 Å². The van der Waals surface area contributed by atoms with Crippen molar-refractivity contribution in [3.63, 3.8) is 0 Å². The van der Waals surface area contributed by atoms with Crippen molar-refractivity contribution in [2.24, 2.45) is 11.8 Å². The van der Waals surface area contributed by atoms with Gasteiger partial charge in [-0.3, -0.25) is 4.79 Å². The molecule has 0 saturated carbocycles. The number of nitrogens with zero attached hydrogens (tertiary/aromatic N) is 2. The molecule has 0 aromatic carbocycles. The maximum atomic E-state index is 12.5. The van der Waals surface area contributed by atoms with E-state index >= 15 is 0 Å². The van der Waals surface area contributed by atoms with Crippen molar-refractivity contribution in [3.8, 4) is 0 Å². The zero-order chi connectivity index (χ0) is 15.8. The third-order valence-corrected chi connectivity index (χ3v) is 7.28. The fourth-order valence-electron chi connectivity index (χ4n) is 2.85. The molecule has 7 heteroatoms. The second kappa shape index (κ2) is 6.04. The Labute approximate surface area is 130 Å². The van der Waals surface area contributed by atoms with Gasteiger partial charge in [-0.1, -0.05) is 13.8 Å². The molecule has 1 aliphatic heterocycles. The van der Waals surface area contributed by atoms with Crippen LogP contribution in [0.1, 0.15) is 32.9 Å². The molecule has 1 fully saturated rings. The van der Waals surface area contributed by atoms with Crippen LogP contribution in [0.15, 0.2) is 9.72 Å². The van der Waals surface area contributed by atoms with Gasteiger partial charge in [-0.2, -0.15) is 0 Å². The minimum absolute atomic E-state index is 0.0407. The molecular weight excluding hydrogens is 308 g/mol. The maximum absolute atomic E-state index is 12.5. The molecule has 1 aromatic rings. The molecule has 1 aromatic heterocycles. The van der Waals surface area contributed by atoms with E-state index < -0.39 is 15.1 Å². The van der Waals surface area contributed by atoms with Gasteiger partial charge in [-0.15, -0.1) is 11.3 Å². The Bertz CT molecular complexity index is 614. The molecule has 2 heterocycles. The molecular formula is C14H22N2O3S2. The van der Waals surface area contributed by atoms with Gasteiger partial charge in [0, 0.05) is 24.2 Å². The summed E-state index contributed by atoms with van der Waals surface area (Å²) in [6, 6.07) is 0. The zero-order valence-corrected chi connectivity index (χ0v) is 14.5. The highest BCUT2D eigenvalue weighted by Gasteiger charge is 2.37. The van der Waals surface area contributed by atoms with Crippen molar-refractivity contribution < 1.29 is 13.2 Å². The van der Waals surface area contributed by atoms with Gasteiger partial charge in [0.05, 0.1) is 0 Å². The minimum Gasteiger partial charge on any atom is -0.341 e. The number of piperidine rings is 1. The van der Waals surface area contributed by atoms with Gasteiger partial charge < -0.3 is 4.90 Å². The zero-order valence-electron chi connectivity index (χ0n) is 12.9. The molecule has 118 valence electrons. The predicted octanol–water partition coefficient (Wildman–Crippen LogP) is 2.12. The number of aryl methyl sites for hydroxylation is 1. The first-order chi connectivity index (χ1) is 9.71. The fraction of sp³-hybridized carbons (Fsp3) is 0.714. The van der Waals surface area contributed by atoms with E-state index in [9.17, 15) is 13.2 Å².